The number of phenolic OH excluding ortho intramolecular Hbond substituents is 1. The lowest BCUT2D eigenvalue weighted by Crippen LogP contribution is -2.32. The molecule has 0 aliphatic heterocycles. The quantitative estimate of drug-likeness (QED) is 0.825. The first-order valence-corrected chi connectivity index (χ1v) is 6.36. The van der Waals surface area contributed by atoms with Gasteiger partial charge in [0.25, 0.3) is 0 Å². The Labute approximate surface area is 116 Å². The molecule has 104 valence electrons. The lowest BCUT2D eigenvalue weighted by atomic mass is 9.86. The Morgan fingerprint density at radius 1 is 1.15 bits per heavy atom. The van der Waals surface area contributed by atoms with Gasteiger partial charge in [-0.05, 0) is 34.5 Å². The van der Waals surface area contributed by atoms with Crippen molar-refractivity contribution in [3.05, 3.63) is 47.2 Å². The SMILES string of the molecule is COC1=Cc2ccc3cc(O)ccc3c2C(O)(OC)C1. The van der Waals surface area contributed by atoms with Crippen LogP contribution in [-0.2, 0) is 15.3 Å². The highest BCUT2D eigenvalue weighted by atomic mass is 16.6. The van der Waals surface area contributed by atoms with E-state index in [0.717, 1.165) is 16.3 Å². The summed E-state index contributed by atoms with van der Waals surface area (Å²) in [4.78, 5) is 0. The van der Waals surface area contributed by atoms with E-state index < -0.39 is 5.79 Å². The third kappa shape index (κ3) is 1.85. The molecular weight excluding hydrogens is 256 g/mol. The van der Waals surface area contributed by atoms with Gasteiger partial charge < -0.3 is 19.7 Å². The summed E-state index contributed by atoms with van der Waals surface area (Å²) in [6.45, 7) is 0. The first-order chi connectivity index (χ1) is 9.57. The van der Waals surface area contributed by atoms with E-state index in [2.05, 4.69) is 0 Å². The van der Waals surface area contributed by atoms with Gasteiger partial charge in [-0.15, -0.1) is 0 Å². The highest BCUT2D eigenvalue weighted by Gasteiger charge is 2.37. The molecule has 4 heteroatoms. The Morgan fingerprint density at radius 3 is 2.65 bits per heavy atom. The van der Waals surface area contributed by atoms with Gasteiger partial charge >= 0.3 is 0 Å². The number of ether oxygens (including phenoxy) is 2. The van der Waals surface area contributed by atoms with Crippen LogP contribution in [0.15, 0.2) is 36.1 Å². The fourth-order valence-electron chi connectivity index (χ4n) is 2.74. The predicted molar refractivity (Wildman–Crippen MR) is 76.1 cm³/mol. The molecule has 1 aliphatic rings. The minimum absolute atomic E-state index is 0.197. The Balaban J connectivity index is 2.35. The van der Waals surface area contributed by atoms with Crippen LogP contribution in [0.2, 0.25) is 0 Å². The maximum atomic E-state index is 10.8. The van der Waals surface area contributed by atoms with Gasteiger partial charge in [-0.2, -0.15) is 0 Å². The molecule has 1 aliphatic carbocycles. The van der Waals surface area contributed by atoms with E-state index in [1.165, 1.54) is 7.11 Å². The summed E-state index contributed by atoms with van der Waals surface area (Å²) < 4.78 is 10.6. The molecule has 4 nitrogen and oxygen atoms in total. The smallest absolute Gasteiger partial charge is 0.200 e. The Bertz CT molecular complexity index is 705. The highest BCUT2D eigenvalue weighted by Crippen LogP contribution is 2.42. The zero-order valence-electron chi connectivity index (χ0n) is 11.4. The van der Waals surface area contributed by atoms with Gasteiger partial charge in [0.1, 0.15) is 11.5 Å². The second-order valence-electron chi connectivity index (χ2n) is 4.92. The molecule has 2 aromatic carbocycles. The summed E-state index contributed by atoms with van der Waals surface area (Å²) >= 11 is 0. The van der Waals surface area contributed by atoms with Crippen molar-refractivity contribution in [1.29, 1.82) is 0 Å². The molecule has 0 saturated carbocycles. The third-order valence-corrected chi connectivity index (χ3v) is 3.76. The number of fused-ring (bicyclic) bond motifs is 3. The van der Waals surface area contributed by atoms with Gasteiger partial charge in [0, 0.05) is 12.7 Å². The van der Waals surface area contributed by atoms with E-state index in [1.54, 1.807) is 25.3 Å². The van der Waals surface area contributed by atoms with Crippen molar-refractivity contribution in [2.75, 3.05) is 14.2 Å². The second kappa shape index (κ2) is 4.51. The molecule has 0 fully saturated rings. The van der Waals surface area contributed by atoms with Crippen LogP contribution in [0.3, 0.4) is 0 Å². The van der Waals surface area contributed by atoms with Crippen molar-refractivity contribution >= 4 is 16.8 Å². The topological polar surface area (TPSA) is 58.9 Å². The molecule has 3 rings (SSSR count). The number of methoxy groups -OCH3 is 2. The number of benzene rings is 2. The van der Waals surface area contributed by atoms with Crippen LogP contribution < -0.4 is 0 Å². The average Bonchev–Trinajstić information content (AvgIpc) is 2.46. The Hall–Kier alpha value is -2.04. The summed E-state index contributed by atoms with van der Waals surface area (Å²) in [5, 5.41) is 22.1. The molecule has 1 unspecified atom stereocenters. The summed E-state index contributed by atoms with van der Waals surface area (Å²) in [6, 6.07) is 8.85. The van der Waals surface area contributed by atoms with Gasteiger partial charge in [-0.3, -0.25) is 0 Å². The summed E-state index contributed by atoms with van der Waals surface area (Å²) in [5.41, 5.74) is 1.56. The van der Waals surface area contributed by atoms with Gasteiger partial charge in [0.15, 0.2) is 5.79 Å². The van der Waals surface area contributed by atoms with E-state index in [4.69, 9.17) is 9.47 Å². The average molecular weight is 272 g/mol. The van der Waals surface area contributed by atoms with Crippen LogP contribution in [0.1, 0.15) is 17.5 Å². The first kappa shape index (κ1) is 13.0. The minimum Gasteiger partial charge on any atom is -0.508 e. The molecule has 0 bridgehead atoms. The van der Waals surface area contributed by atoms with Gasteiger partial charge in [0.05, 0.1) is 13.5 Å². The van der Waals surface area contributed by atoms with E-state index >= 15 is 0 Å². The number of aromatic hydroxyl groups is 1. The van der Waals surface area contributed by atoms with Gasteiger partial charge in [0.2, 0.25) is 0 Å². The molecule has 0 saturated heterocycles. The number of hydrogen-bond acceptors (Lipinski definition) is 4. The van der Waals surface area contributed by atoms with Crippen molar-refractivity contribution in [3.8, 4) is 5.75 Å². The second-order valence-corrected chi connectivity index (χ2v) is 4.92. The molecular formula is C16H16O4. The van der Waals surface area contributed by atoms with Crippen LogP contribution in [0.4, 0.5) is 0 Å². The third-order valence-electron chi connectivity index (χ3n) is 3.76. The van der Waals surface area contributed by atoms with Crippen LogP contribution in [0, 0.1) is 0 Å². The Morgan fingerprint density at radius 2 is 1.95 bits per heavy atom. The molecule has 0 heterocycles. The first-order valence-electron chi connectivity index (χ1n) is 6.36. The van der Waals surface area contributed by atoms with Crippen molar-refractivity contribution in [2.45, 2.75) is 12.2 Å². The maximum absolute atomic E-state index is 10.8. The summed E-state index contributed by atoms with van der Waals surface area (Å²) in [7, 11) is 3.05. The van der Waals surface area contributed by atoms with Crippen molar-refractivity contribution in [3.63, 3.8) is 0 Å². The lowest BCUT2D eigenvalue weighted by molar-refractivity contribution is -0.197. The van der Waals surface area contributed by atoms with Crippen LogP contribution in [-0.4, -0.2) is 24.4 Å². The summed E-state index contributed by atoms with van der Waals surface area (Å²) in [5.74, 6) is -0.561. The van der Waals surface area contributed by atoms with E-state index in [0.29, 0.717) is 11.3 Å². The zero-order chi connectivity index (χ0) is 14.3. The minimum atomic E-state index is -1.42. The number of aliphatic hydroxyl groups is 1. The summed E-state index contributed by atoms with van der Waals surface area (Å²) in [6.07, 6.45) is 2.15. The van der Waals surface area contributed by atoms with E-state index in [1.807, 2.05) is 18.2 Å². The molecule has 0 spiro atoms. The highest BCUT2D eigenvalue weighted by molar-refractivity contribution is 5.91. The van der Waals surface area contributed by atoms with Crippen LogP contribution in [0.5, 0.6) is 5.75 Å². The zero-order valence-corrected chi connectivity index (χ0v) is 11.4. The fraction of sp³-hybridized carbons (Fsp3) is 0.250. The molecule has 0 aromatic heterocycles. The normalized spacial score (nSPS) is 21.4. The van der Waals surface area contributed by atoms with Crippen LogP contribution >= 0.6 is 0 Å². The molecule has 0 radical (unpaired) electrons. The van der Waals surface area contributed by atoms with E-state index in [9.17, 15) is 10.2 Å². The molecule has 2 aromatic rings. The molecule has 0 amide bonds. The number of hydrogen-bond donors (Lipinski definition) is 2. The monoisotopic (exact) mass is 272 g/mol. The van der Waals surface area contributed by atoms with E-state index in [-0.39, 0.29) is 12.2 Å². The molecule has 2 N–H and O–H groups in total. The van der Waals surface area contributed by atoms with Crippen molar-refractivity contribution < 1.29 is 19.7 Å². The van der Waals surface area contributed by atoms with Gasteiger partial charge in [-0.25, -0.2) is 0 Å². The maximum Gasteiger partial charge on any atom is 0.200 e. The van der Waals surface area contributed by atoms with Crippen LogP contribution in [0.25, 0.3) is 16.8 Å². The standard InChI is InChI=1S/C16H16O4/c1-19-13-8-11-4-3-10-7-12(17)5-6-14(10)15(11)16(18,9-13)20-2/h3-8,17-18H,9H2,1-2H3. The van der Waals surface area contributed by atoms with Gasteiger partial charge in [-0.1, -0.05) is 18.2 Å². The van der Waals surface area contributed by atoms with Crippen molar-refractivity contribution in [2.24, 2.45) is 0 Å². The predicted octanol–water partition coefficient (Wildman–Crippen LogP) is 2.73. The molecule has 20 heavy (non-hydrogen) atoms. The number of rotatable bonds is 2. The lowest BCUT2D eigenvalue weighted by Gasteiger charge is -2.33. The largest absolute Gasteiger partial charge is 0.508 e. The number of phenols is 1. The van der Waals surface area contributed by atoms with Crippen molar-refractivity contribution in [1.82, 2.24) is 0 Å². The fourth-order valence-corrected chi connectivity index (χ4v) is 2.74. The Kier molecular flexibility index (Phi) is 2.92. The molecule has 1 atom stereocenters.